The number of amides is 2. The number of nitrogens with one attached hydrogen (secondary N) is 2. The number of rotatable bonds is 6. The fraction of sp³-hybridized carbons (Fsp3) is 0.500. The first-order chi connectivity index (χ1) is 8.67. The molecule has 0 saturated heterocycles. The van der Waals surface area contributed by atoms with E-state index < -0.39 is 0 Å². The molecule has 1 atom stereocenters. The van der Waals surface area contributed by atoms with Gasteiger partial charge in [0.2, 0.25) is 0 Å². The maximum atomic E-state index is 11.8. The monoisotopic (exact) mass is 250 g/mol. The zero-order valence-corrected chi connectivity index (χ0v) is 11.3. The van der Waals surface area contributed by atoms with Gasteiger partial charge in [0.25, 0.3) is 0 Å². The third-order valence-electron chi connectivity index (χ3n) is 2.66. The Morgan fingerprint density at radius 3 is 2.78 bits per heavy atom. The minimum Gasteiger partial charge on any atom is -0.380 e. The summed E-state index contributed by atoms with van der Waals surface area (Å²) in [7, 11) is 1.64. The Morgan fingerprint density at radius 2 is 2.11 bits per heavy atom. The Bertz CT molecular complexity index is 380. The molecule has 1 aromatic carbocycles. The van der Waals surface area contributed by atoms with Gasteiger partial charge in [-0.05, 0) is 19.4 Å². The summed E-state index contributed by atoms with van der Waals surface area (Å²) in [6, 6.07) is 7.65. The molecular formula is C14H22N2O2. The molecule has 0 radical (unpaired) electrons. The average molecular weight is 250 g/mol. The van der Waals surface area contributed by atoms with Crippen LogP contribution in [0.2, 0.25) is 0 Å². The molecule has 0 saturated carbocycles. The van der Waals surface area contributed by atoms with Gasteiger partial charge in [0.05, 0.1) is 6.61 Å². The molecule has 0 aliphatic carbocycles. The van der Waals surface area contributed by atoms with Crippen molar-refractivity contribution in [2.45, 2.75) is 39.3 Å². The molecule has 0 heterocycles. The van der Waals surface area contributed by atoms with E-state index in [1.54, 1.807) is 7.11 Å². The molecule has 0 bridgehead atoms. The molecule has 1 aromatic rings. The van der Waals surface area contributed by atoms with Crippen molar-refractivity contribution < 1.29 is 9.53 Å². The Labute approximate surface area is 109 Å². The summed E-state index contributed by atoms with van der Waals surface area (Å²) in [5.41, 5.74) is 1.76. The van der Waals surface area contributed by atoms with Crippen molar-refractivity contribution in [3.63, 3.8) is 0 Å². The van der Waals surface area contributed by atoms with Gasteiger partial charge in [0.15, 0.2) is 0 Å². The Balaban J connectivity index is 2.58. The zero-order valence-electron chi connectivity index (χ0n) is 11.3. The number of benzene rings is 1. The lowest BCUT2D eigenvalue weighted by Gasteiger charge is -2.15. The summed E-state index contributed by atoms with van der Waals surface area (Å²) in [6.45, 7) is 4.59. The third kappa shape index (κ3) is 4.75. The van der Waals surface area contributed by atoms with Crippen LogP contribution in [0.15, 0.2) is 24.3 Å². The second kappa shape index (κ2) is 7.71. The molecule has 4 nitrogen and oxygen atoms in total. The lowest BCUT2D eigenvalue weighted by Crippen LogP contribution is -2.36. The number of carbonyl (C=O) groups excluding carboxylic acids is 1. The van der Waals surface area contributed by atoms with Gasteiger partial charge in [-0.15, -0.1) is 0 Å². The predicted octanol–water partition coefficient (Wildman–Crippen LogP) is 3.14. The first-order valence-corrected chi connectivity index (χ1v) is 6.31. The van der Waals surface area contributed by atoms with Crippen LogP contribution >= 0.6 is 0 Å². The molecule has 0 aromatic heterocycles. The number of para-hydroxylation sites is 1. The predicted molar refractivity (Wildman–Crippen MR) is 73.7 cm³/mol. The molecule has 0 aliphatic rings. The summed E-state index contributed by atoms with van der Waals surface area (Å²) < 4.78 is 5.10. The fourth-order valence-corrected chi connectivity index (χ4v) is 1.81. The van der Waals surface area contributed by atoms with Gasteiger partial charge in [-0.25, -0.2) is 4.79 Å². The molecule has 0 unspecified atom stereocenters. The van der Waals surface area contributed by atoms with Gasteiger partial charge in [-0.2, -0.15) is 0 Å². The number of hydrogen-bond acceptors (Lipinski definition) is 2. The van der Waals surface area contributed by atoms with Crippen molar-refractivity contribution >= 4 is 11.7 Å². The number of ether oxygens (including phenoxy) is 1. The Hall–Kier alpha value is -1.55. The number of methoxy groups -OCH3 is 1. The lowest BCUT2D eigenvalue weighted by molar-refractivity contribution is 0.185. The highest BCUT2D eigenvalue weighted by atomic mass is 16.5. The van der Waals surface area contributed by atoms with Crippen LogP contribution in [0.1, 0.15) is 32.3 Å². The summed E-state index contributed by atoms with van der Waals surface area (Å²) in [4.78, 5) is 11.8. The molecule has 100 valence electrons. The van der Waals surface area contributed by atoms with Crippen LogP contribution in [0.5, 0.6) is 0 Å². The fourth-order valence-electron chi connectivity index (χ4n) is 1.81. The minimum absolute atomic E-state index is 0.167. The zero-order chi connectivity index (χ0) is 13.4. The van der Waals surface area contributed by atoms with Crippen molar-refractivity contribution in [1.82, 2.24) is 5.32 Å². The maximum absolute atomic E-state index is 11.8. The van der Waals surface area contributed by atoms with Gasteiger partial charge in [-0.1, -0.05) is 31.5 Å². The van der Waals surface area contributed by atoms with Crippen LogP contribution in [0.4, 0.5) is 10.5 Å². The van der Waals surface area contributed by atoms with E-state index in [1.807, 2.05) is 31.2 Å². The molecule has 0 spiro atoms. The van der Waals surface area contributed by atoms with Crippen LogP contribution in [-0.4, -0.2) is 19.2 Å². The minimum atomic E-state index is -0.167. The number of anilines is 1. The van der Waals surface area contributed by atoms with Crippen molar-refractivity contribution in [3.8, 4) is 0 Å². The van der Waals surface area contributed by atoms with Crippen molar-refractivity contribution in [2.75, 3.05) is 12.4 Å². The van der Waals surface area contributed by atoms with Crippen LogP contribution in [0.25, 0.3) is 0 Å². The van der Waals surface area contributed by atoms with E-state index >= 15 is 0 Å². The third-order valence-corrected chi connectivity index (χ3v) is 2.66. The van der Waals surface area contributed by atoms with Crippen LogP contribution in [0, 0.1) is 0 Å². The summed E-state index contributed by atoms with van der Waals surface area (Å²) in [5, 5.41) is 5.76. The summed E-state index contributed by atoms with van der Waals surface area (Å²) >= 11 is 0. The van der Waals surface area contributed by atoms with Crippen molar-refractivity contribution in [2.24, 2.45) is 0 Å². The van der Waals surface area contributed by atoms with Crippen molar-refractivity contribution in [1.29, 1.82) is 0 Å². The smallest absolute Gasteiger partial charge is 0.319 e. The SMILES string of the molecule is CCC[C@@H](C)NC(=O)Nc1ccccc1COC. The normalized spacial score (nSPS) is 11.9. The first-order valence-electron chi connectivity index (χ1n) is 6.31. The van der Waals surface area contributed by atoms with Gasteiger partial charge in [0.1, 0.15) is 0 Å². The second-order valence-corrected chi connectivity index (χ2v) is 4.38. The maximum Gasteiger partial charge on any atom is 0.319 e. The molecule has 2 amide bonds. The number of urea groups is 1. The summed E-state index contributed by atoms with van der Waals surface area (Å²) in [6.07, 6.45) is 2.04. The highest BCUT2D eigenvalue weighted by molar-refractivity contribution is 5.90. The quantitative estimate of drug-likeness (QED) is 0.815. The molecular weight excluding hydrogens is 228 g/mol. The topological polar surface area (TPSA) is 50.4 Å². The van der Waals surface area contributed by atoms with Gasteiger partial charge >= 0.3 is 6.03 Å². The largest absolute Gasteiger partial charge is 0.380 e. The van der Waals surface area contributed by atoms with E-state index in [-0.39, 0.29) is 12.1 Å². The standard InChI is InChI=1S/C14H22N2O2/c1-4-7-11(2)15-14(17)16-13-9-6-5-8-12(13)10-18-3/h5-6,8-9,11H,4,7,10H2,1-3H3,(H2,15,16,17)/t11-/m1/s1. The molecule has 0 fully saturated rings. The van der Waals surface area contributed by atoms with E-state index in [2.05, 4.69) is 17.6 Å². The lowest BCUT2D eigenvalue weighted by atomic mass is 10.2. The van der Waals surface area contributed by atoms with E-state index in [1.165, 1.54) is 0 Å². The molecule has 1 rings (SSSR count). The molecule has 0 aliphatic heterocycles. The average Bonchev–Trinajstić information content (AvgIpc) is 2.32. The Morgan fingerprint density at radius 1 is 1.39 bits per heavy atom. The van der Waals surface area contributed by atoms with E-state index in [0.29, 0.717) is 6.61 Å². The van der Waals surface area contributed by atoms with Gasteiger partial charge in [0, 0.05) is 24.4 Å². The molecule has 18 heavy (non-hydrogen) atoms. The molecule has 2 N–H and O–H groups in total. The summed E-state index contributed by atoms with van der Waals surface area (Å²) in [5.74, 6) is 0. The van der Waals surface area contributed by atoms with E-state index in [0.717, 1.165) is 24.1 Å². The van der Waals surface area contributed by atoms with E-state index in [9.17, 15) is 4.79 Å². The number of hydrogen-bond donors (Lipinski definition) is 2. The number of carbonyl (C=O) groups is 1. The van der Waals surface area contributed by atoms with E-state index in [4.69, 9.17) is 4.74 Å². The molecule has 4 heteroatoms. The van der Waals surface area contributed by atoms with Crippen LogP contribution < -0.4 is 10.6 Å². The second-order valence-electron chi connectivity index (χ2n) is 4.38. The highest BCUT2D eigenvalue weighted by Crippen LogP contribution is 2.15. The van der Waals surface area contributed by atoms with Crippen LogP contribution in [-0.2, 0) is 11.3 Å². The van der Waals surface area contributed by atoms with Gasteiger partial charge in [-0.3, -0.25) is 0 Å². The van der Waals surface area contributed by atoms with Crippen LogP contribution in [0.3, 0.4) is 0 Å². The van der Waals surface area contributed by atoms with Gasteiger partial charge < -0.3 is 15.4 Å². The van der Waals surface area contributed by atoms with Crippen molar-refractivity contribution in [3.05, 3.63) is 29.8 Å². The first kappa shape index (κ1) is 14.5. The highest BCUT2D eigenvalue weighted by Gasteiger charge is 2.08. The Kier molecular flexibility index (Phi) is 6.22.